The number of amides is 2. The second-order valence-corrected chi connectivity index (χ2v) is 43.3. The van der Waals surface area contributed by atoms with Gasteiger partial charge in [0.1, 0.15) is 73.1 Å². The first-order valence-electron chi connectivity index (χ1n) is 50.8. The van der Waals surface area contributed by atoms with Gasteiger partial charge >= 0.3 is 19.7 Å². The quantitative estimate of drug-likeness (QED) is 0.0345. The molecule has 0 aromatic carbocycles. The summed E-state index contributed by atoms with van der Waals surface area (Å²) in [7, 11) is 8.25. The molecule has 31 atom stereocenters. The molecule has 4 bridgehead atoms. The molecule has 6 fully saturated rings. The molecule has 2 saturated carbocycles. The zero-order valence-electron chi connectivity index (χ0n) is 86.0. The Morgan fingerprint density at radius 2 is 0.868 bits per heavy atom. The van der Waals surface area contributed by atoms with Gasteiger partial charge in [-0.2, -0.15) is 0 Å². The fraction of sp³-hybridized carbons (Fsp3) is 0.759. The van der Waals surface area contributed by atoms with Crippen molar-refractivity contribution in [3.63, 3.8) is 0 Å². The summed E-state index contributed by atoms with van der Waals surface area (Å²) in [5.41, 5.74) is 2.58. The topological polar surface area (TPSA) is 367 Å². The van der Waals surface area contributed by atoms with Crippen molar-refractivity contribution in [3.8, 4) is 0 Å². The van der Waals surface area contributed by atoms with Crippen LogP contribution >= 0.6 is 7.80 Å². The van der Waals surface area contributed by atoms with Crippen molar-refractivity contribution in [2.75, 3.05) is 68.6 Å². The highest BCUT2D eigenvalue weighted by Gasteiger charge is 2.56. The van der Waals surface area contributed by atoms with E-state index in [0.717, 1.165) is 75.1 Å². The Morgan fingerprint density at radius 1 is 0.463 bits per heavy atom. The second-order valence-electron chi connectivity index (χ2n) is 41.6. The molecule has 6 aliphatic heterocycles. The number of ketones is 6. The number of aliphatic hydroxyl groups excluding tert-OH is 2. The van der Waals surface area contributed by atoms with E-state index >= 15 is 0 Å². The highest BCUT2D eigenvalue weighted by molar-refractivity contribution is 7.43. The maximum atomic E-state index is 14.5. The van der Waals surface area contributed by atoms with E-state index in [4.69, 9.17) is 47.4 Å². The average Bonchev–Trinajstić information content (AvgIpc) is 0.773. The van der Waals surface area contributed by atoms with Crippen LogP contribution < -0.4 is 0 Å². The number of cyclic esters (lactones) is 2. The molecule has 136 heavy (non-hydrogen) atoms. The van der Waals surface area contributed by atoms with Crippen LogP contribution in [0.4, 0.5) is 0 Å². The van der Waals surface area contributed by atoms with Gasteiger partial charge in [0.25, 0.3) is 23.4 Å². The molecule has 2 amide bonds. The molecule has 8 aliphatic rings. The third-order valence-corrected chi connectivity index (χ3v) is 31.7. The van der Waals surface area contributed by atoms with Crippen molar-refractivity contribution in [2.45, 2.75) is 374 Å². The normalized spacial score (nSPS) is 39.3. The fourth-order valence-corrected chi connectivity index (χ4v) is 22.3. The molecule has 4 saturated heterocycles. The number of hydrogen-bond donors (Lipinski definition) is 4. The van der Waals surface area contributed by atoms with Gasteiger partial charge < -0.3 is 77.6 Å². The van der Waals surface area contributed by atoms with Crippen molar-refractivity contribution in [2.24, 2.45) is 82.9 Å². The fourth-order valence-electron chi connectivity index (χ4n) is 21.7. The SMILES string of the molecule is CO[C@H]1C[C@@H]2CC[C@@H](C)[C@@](O)(O2)C(=O)C(=O)N2CCCC[C@H]2C(=O)OC([C@H](C)CC2CCC(CCCC[P+](C)=O)[C@H](OC)C2)CC(=O)[C@H](C)/C=C(\C)[C@@H](O)[C@@H](OC)C(=O)[C@H](C)C[C@H](C)/C=C/C=C/C=C/1C.CO[C@H]1C[C@@H]2CC[C@@H](C)[C@@](O)(O2)C(=O)C(=O)N2CCCC[C@H]2C(=O)OC([C@H](C)CC2CC[C@@H](C)[C@H](OC)C2)CC(=O)[C@H](C)/C=C(\C)[C@@H](O)[C@@H](OC)C(=O)[C@H](C)C[C@H](C)/C=C/C=C/C=C/1C. The van der Waals surface area contributed by atoms with Crippen LogP contribution in [0.15, 0.2) is 95.2 Å². The molecule has 28 heteroatoms. The molecule has 6 unspecified atom stereocenters. The first-order valence-corrected chi connectivity index (χ1v) is 52.7. The highest BCUT2D eigenvalue weighted by atomic mass is 31.1. The zero-order chi connectivity index (χ0) is 101. The number of esters is 2. The van der Waals surface area contributed by atoms with Crippen LogP contribution in [0.5, 0.6) is 0 Å². The van der Waals surface area contributed by atoms with E-state index in [1.54, 1.807) is 88.8 Å². The number of carbonyl (C=O) groups is 10. The van der Waals surface area contributed by atoms with E-state index in [9.17, 15) is 72.9 Å². The van der Waals surface area contributed by atoms with Crippen LogP contribution in [0.25, 0.3) is 0 Å². The van der Waals surface area contributed by atoms with Gasteiger partial charge in [-0.25, -0.2) is 9.59 Å². The third-order valence-electron chi connectivity index (χ3n) is 30.8. The molecular weight excluding hydrogens is 1760 g/mol. The number of methoxy groups -OCH3 is 6. The van der Waals surface area contributed by atoms with E-state index in [-0.39, 0.29) is 110 Å². The maximum Gasteiger partial charge on any atom is 0.335 e. The number of aliphatic hydroxyl groups is 4. The monoisotopic (exact) mass is 1930 g/mol. The van der Waals surface area contributed by atoms with Gasteiger partial charge in [-0.1, -0.05) is 154 Å². The molecule has 4 N–H and O–H groups in total. The van der Waals surface area contributed by atoms with Crippen molar-refractivity contribution < 1.29 is 120 Å². The Kier molecular flexibility index (Phi) is 48.2. The Hall–Kier alpha value is -6.56. The minimum atomic E-state index is -2.43. The van der Waals surface area contributed by atoms with Crippen LogP contribution in [0, 0.1) is 82.9 Å². The number of allylic oxidation sites excluding steroid dienone is 12. The van der Waals surface area contributed by atoms with Crippen molar-refractivity contribution in [3.05, 3.63) is 95.2 Å². The average molecular weight is 1930 g/mol. The lowest BCUT2D eigenvalue weighted by Crippen LogP contribution is -2.61. The van der Waals surface area contributed by atoms with Gasteiger partial charge in [0.2, 0.25) is 11.6 Å². The number of carbonyl (C=O) groups excluding carboxylic acids is 10. The van der Waals surface area contributed by atoms with E-state index in [1.807, 2.05) is 116 Å². The molecule has 6 heterocycles. The summed E-state index contributed by atoms with van der Waals surface area (Å²) in [5.74, 6) is -14.4. The lowest BCUT2D eigenvalue weighted by molar-refractivity contribution is -0.265. The number of nitrogens with zero attached hydrogens (tertiary/aromatic N) is 2. The Labute approximate surface area is 812 Å². The lowest BCUT2D eigenvalue weighted by Gasteiger charge is -2.42. The molecule has 766 valence electrons. The largest absolute Gasteiger partial charge is 0.460 e. The van der Waals surface area contributed by atoms with E-state index in [1.165, 1.54) is 24.0 Å². The summed E-state index contributed by atoms with van der Waals surface area (Å²) in [4.78, 5) is 144. The molecular formula is C108H170N2O25P+. The number of piperidine rings is 2. The van der Waals surface area contributed by atoms with E-state index in [2.05, 4.69) is 6.92 Å². The first kappa shape index (κ1) is 116. The predicted molar refractivity (Wildman–Crippen MR) is 523 cm³/mol. The minimum absolute atomic E-state index is 0.0201. The number of ether oxygens (including phenoxy) is 10. The van der Waals surface area contributed by atoms with Gasteiger partial charge in [-0.05, 0) is 245 Å². The standard InChI is InChI=1S/C56H89NO13P.C52H81NO12/c1-35-19-13-12-14-20-36(2)47(66-8)33-44-26-23-41(7)56(64,70-44)53(61)54(62)57-27-17-15-22-45(57)55(63)69-48(34-46(58)37(3)30-40(6)51(60)52(68-10)50(59)39(5)29-35)38(4)31-42-24-25-43(49(32-42)67-9)21-16-18-28-71(11)65;1-31-17-13-12-14-18-32(2)44(62-10)29-40-23-21-38(8)52(60,65-40)49(57)50(58)53-24-16-15-19-41(53)51(59)64-45(35(5)27-39-22-20-33(3)43(28-39)61-9)30-42(54)34(4)26-37(7)47(56)48(63-11)46(55)36(6)25-31/h12-14,19-20,30,35,37-39,41-45,47-49,51-52,60,64H,15-18,21-29,31-34H2,1-11H3;12-14,17-18,26,31,33-36,38-41,43-45,47-48,56,60H,15-16,19-25,27-30H2,1-11H3/q+1;/b14-12+,19-13+,36-20+,40-30+;14-12+,17-13+,32-18+,37-26+/t35-,37-,38-,39-,41-,42?,43?,44+,45+,47+,48?,49-,51-,52+,56-;31-,33-,34-,35-,36-,38-,39?,40+,41+,43-,44+,45?,47-,48+,52-/m11/s1. The Bertz CT molecular complexity index is 4200. The minimum Gasteiger partial charge on any atom is -0.460 e. The Balaban J connectivity index is 0.000000372. The zero-order valence-corrected chi connectivity index (χ0v) is 86.9. The summed E-state index contributed by atoms with van der Waals surface area (Å²) in [5, 5.41) is 46.9. The number of Topliss-reactive ketones (excluding diaryl/α,β-unsaturated/α-hetero) is 6. The lowest BCUT2D eigenvalue weighted by atomic mass is 9.74. The van der Waals surface area contributed by atoms with E-state index in [0.29, 0.717) is 113 Å². The number of unbranched alkanes of at least 4 members (excludes halogenated alkanes) is 1. The smallest absolute Gasteiger partial charge is 0.335 e. The second kappa shape index (κ2) is 56.3. The predicted octanol–water partition coefficient (Wildman–Crippen LogP) is 16.5. The highest BCUT2D eigenvalue weighted by Crippen LogP contribution is 2.44. The van der Waals surface area contributed by atoms with Crippen LogP contribution in [0.1, 0.15) is 277 Å². The summed E-state index contributed by atoms with van der Waals surface area (Å²) in [6, 6.07) is -2.24. The number of hydrogen-bond acceptors (Lipinski definition) is 25. The van der Waals surface area contributed by atoms with Gasteiger partial charge in [-0.3, -0.25) is 38.4 Å². The van der Waals surface area contributed by atoms with E-state index < -0.39 is 163 Å². The third kappa shape index (κ3) is 33.0. The van der Waals surface area contributed by atoms with Crippen LogP contribution in [-0.4, -0.2) is 254 Å². The summed E-state index contributed by atoms with van der Waals surface area (Å²) >= 11 is 0. The molecule has 0 aromatic rings. The van der Waals surface area contributed by atoms with Crippen molar-refractivity contribution in [1.82, 2.24) is 9.80 Å². The van der Waals surface area contributed by atoms with Gasteiger partial charge in [0, 0.05) is 117 Å². The molecule has 27 nitrogen and oxygen atoms in total. The molecule has 2 aliphatic carbocycles. The van der Waals surface area contributed by atoms with Gasteiger partial charge in [0.15, 0.2) is 11.6 Å². The first-order chi connectivity index (χ1) is 64.4. The van der Waals surface area contributed by atoms with Crippen molar-refractivity contribution in [1.29, 1.82) is 0 Å². The summed E-state index contributed by atoms with van der Waals surface area (Å²) < 4.78 is 71.4. The summed E-state index contributed by atoms with van der Waals surface area (Å²) in [6.07, 6.45) is 30.5. The number of rotatable bonds is 17. The molecule has 0 radical (unpaired) electrons. The summed E-state index contributed by atoms with van der Waals surface area (Å²) in [6.45, 7) is 29.8. The molecule has 8 rings (SSSR count). The van der Waals surface area contributed by atoms with Crippen LogP contribution in [0.2, 0.25) is 0 Å². The van der Waals surface area contributed by atoms with Crippen LogP contribution in [-0.2, 0) is 99.9 Å². The number of fused-ring (bicyclic) bond motifs is 6. The maximum absolute atomic E-state index is 14.5. The Morgan fingerprint density at radius 3 is 1.26 bits per heavy atom. The van der Waals surface area contributed by atoms with Crippen molar-refractivity contribution >= 4 is 66.3 Å². The van der Waals surface area contributed by atoms with Gasteiger partial charge in [0.05, 0.1) is 36.6 Å². The van der Waals surface area contributed by atoms with Crippen LogP contribution in [0.3, 0.4) is 0 Å². The van der Waals surface area contributed by atoms with Gasteiger partial charge in [-0.15, -0.1) is 0 Å². The molecule has 0 aromatic heterocycles. The molecule has 0 spiro atoms.